The minimum Gasteiger partial charge on any atom is -0.393 e. The van der Waals surface area contributed by atoms with Crippen LogP contribution in [0.15, 0.2) is 23.8 Å². The summed E-state index contributed by atoms with van der Waals surface area (Å²) in [7, 11) is 0. The summed E-state index contributed by atoms with van der Waals surface area (Å²) in [6, 6.07) is 0. The lowest BCUT2D eigenvalue weighted by Gasteiger charge is -2.49. The topological polar surface area (TPSA) is 37.3 Å². The van der Waals surface area contributed by atoms with Crippen molar-refractivity contribution in [2.75, 3.05) is 0 Å². The molecule has 0 radical (unpaired) electrons. The minimum absolute atomic E-state index is 0.134. The predicted molar refractivity (Wildman–Crippen MR) is 126 cm³/mol. The summed E-state index contributed by atoms with van der Waals surface area (Å²) in [5.41, 5.74) is 1.38. The lowest BCUT2D eigenvalue weighted by molar-refractivity contribution is -0.124. The Labute approximate surface area is 185 Å². The van der Waals surface area contributed by atoms with Crippen LogP contribution in [0, 0.1) is 40.9 Å². The van der Waals surface area contributed by atoms with E-state index in [2.05, 4.69) is 46.8 Å². The third-order valence-electron chi connectivity index (χ3n) is 9.09. The van der Waals surface area contributed by atoms with E-state index in [0.717, 1.165) is 25.2 Å². The zero-order chi connectivity index (χ0) is 21.9. The summed E-state index contributed by atoms with van der Waals surface area (Å²) in [5, 5.41) is 10.2. The Morgan fingerprint density at radius 2 is 1.80 bits per heavy atom. The van der Waals surface area contributed by atoms with Crippen LogP contribution >= 0.6 is 0 Å². The number of hydrogen-bond donors (Lipinski definition) is 1. The molecule has 30 heavy (non-hydrogen) atoms. The van der Waals surface area contributed by atoms with E-state index < -0.39 is 0 Å². The number of carbonyl (C=O) groups is 1. The highest BCUT2D eigenvalue weighted by Crippen LogP contribution is 2.55. The van der Waals surface area contributed by atoms with E-state index >= 15 is 0 Å². The second-order valence-corrected chi connectivity index (χ2v) is 11.3. The van der Waals surface area contributed by atoms with Crippen LogP contribution in [-0.2, 0) is 4.79 Å². The van der Waals surface area contributed by atoms with Gasteiger partial charge in [0.05, 0.1) is 6.10 Å². The average Bonchev–Trinajstić information content (AvgIpc) is 2.81. The van der Waals surface area contributed by atoms with Gasteiger partial charge in [0.15, 0.2) is 5.78 Å². The smallest absolute Gasteiger partial charge is 0.159 e. The molecular weight excluding hydrogens is 368 g/mol. The van der Waals surface area contributed by atoms with Crippen LogP contribution in [0.25, 0.3) is 0 Å². The van der Waals surface area contributed by atoms with Crippen molar-refractivity contribution in [2.45, 2.75) is 105 Å². The molecule has 2 heteroatoms. The Morgan fingerprint density at radius 1 is 1.10 bits per heavy atom. The zero-order valence-corrected chi connectivity index (χ0v) is 20.2. The van der Waals surface area contributed by atoms with Crippen molar-refractivity contribution >= 4 is 5.78 Å². The van der Waals surface area contributed by atoms with E-state index in [-0.39, 0.29) is 17.4 Å². The molecule has 2 saturated carbocycles. The number of hydrogen-bond acceptors (Lipinski definition) is 2. The van der Waals surface area contributed by atoms with Gasteiger partial charge in [-0.25, -0.2) is 0 Å². The highest BCUT2D eigenvalue weighted by atomic mass is 16.3. The van der Waals surface area contributed by atoms with E-state index in [1.807, 2.05) is 6.08 Å². The Hall–Kier alpha value is -0.890. The predicted octanol–water partition coefficient (Wildman–Crippen LogP) is 7.12. The molecular formula is C28H46O2. The van der Waals surface area contributed by atoms with Crippen molar-refractivity contribution in [1.29, 1.82) is 0 Å². The molecule has 0 amide bonds. The van der Waals surface area contributed by atoms with Gasteiger partial charge in [-0.1, -0.05) is 65.2 Å². The van der Waals surface area contributed by atoms with Crippen molar-refractivity contribution in [2.24, 2.45) is 40.9 Å². The first-order chi connectivity index (χ1) is 14.3. The molecule has 0 aliphatic heterocycles. The molecule has 7 atom stereocenters. The average molecular weight is 415 g/mol. The Bertz CT molecular complexity index is 645. The molecule has 1 N–H and O–H groups in total. The van der Waals surface area contributed by atoms with Gasteiger partial charge in [-0.05, 0) is 92.4 Å². The van der Waals surface area contributed by atoms with Gasteiger partial charge in [0, 0.05) is 5.92 Å². The molecule has 2 fully saturated rings. The monoisotopic (exact) mass is 414 g/mol. The van der Waals surface area contributed by atoms with Crippen LogP contribution in [0.3, 0.4) is 0 Å². The van der Waals surface area contributed by atoms with Gasteiger partial charge in [0.25, 0.3) is 0 Å². The van der Waals surface area contributed by atoms with E-state index in [1.54, 1.807) is 0 Å². The molecule has 3 rings (SSSR count). The summed E-state index contributed by atoms with van der Waals surface area (Å²) in [6.45, 7) is 11.8. The van der Waals surface area contributed by atoms with Gasteiger partial charge in [-0.3, -0.25) is 4.79 Å². The van der Waals surface area contributed by atoms with Crippen molar-refractivity contribution in [3.05, 3.63) is 23.8 Å². The molecule has 2 nitrogen and oxygen atoms in total. The number of ketones is 1. The number of rotatable bonds is 5. The minimum atomic E-state index is -0.250. The molecule has 3 aliphatic carbocycles. The lowest BCUT2D eigenvalue weighted by atomic mass is 9.55. The van der Waals surface area contributed by atoms with Gasteiger partial charge in [-0.2, -0.15) is 0 Å². The quantitative estimate of drug-likeness (QED) is 0.486. The molecule has 0 aromatic rings. The first-order valence-electron chi connectivity index (χ1n) is 12.9. The number of fused-ring (bicyclic) bond motifs is 3. The second kappa shape index (κ2) is 10.2. The molecule has 170 valence electrons. The number of aliphatic hydroxyl groups is 1. The normalized spacial score (nSPS) is 37.6. The number of carbonyl (C=O) groups excluding carboxylic acids is 1. The summed E-state index contributed by atoms with van der Waals surface area (Å²) in [4.78, 5) is 13.0. The molecule has 0 aromatic heterocycles. The van der Waals surface area contributed by atoms with Crippen molar-refractivity contribution in [3.8, 4) is 0 Å². The van der Waals surface area contributed by atoms with Crippen LogP contribution in [0.5, 0.6) is 0 Å². The second-order valence-electron chi connectivity index (χ2n) is 11.3. The SMILES string of the molecule is CCC(C=CC(C)C1CCCC2C(=O)C=C3CC(O)CCC3(C)C2CCC1)C(C)C. The summed E-state index contributed by atoms with van der Waals surface area (Å²) < 4.78 is 0. The van der Waals surface area contributed by atoms with Gasteiger partial charge in [0.2, 0.25) is 0 Å². The molecule has 0 saturated heterocycles. The fourth-order valence-corrected chi connectivity index (χ4v) is 6.82. The van der Waals surface area contributed by atoms with Crippen molar-refractivity contribution in [1.82, 2.24) is 0 Å². The van der Waals surface area contributed by atoms with E-state index in [9.17, 15) is 9.90 Å². The maximum Gasteiger partial charge on any atom is 0.159 e. The molecule has 0 aromatic carbocycles. The molecule has 7 unspecified atom stereocenters. The summed E-state index contributed by atoms with van der Waals surface area (Å²) in [6.07, 6.45) is 17.8. The Kier molecular flexibility index (Phi) is 8.04. The van der Waals surface area contributed by atoms with Crippen LogP contribution in [0.4, 0.5) is 0 Å². The van der Waals surface area contributed by atoms with Crippen LogP contribution in [0.1, 0.15) is 98.8 Å². The highest BCUT2D eigenvalue weighted by Gasteiger charge is 2.49. The first kappa shape index (κ1) is 23.8. The standard InChI is InChI=1S/C28H46O2/c1-6-21(19(2)3)14-13-20(4)22-9-7-11-25-26(12-8-10-22)28(5)16-15-24(29)17-23(28)18-27(25)30/h13-14,18-22,24-26,29H,6-12,15-17H2,1-5H3. The third-order valence-corrected chi connectivity index (χ3v) is 9.09. The van der Waals surface area contributed by atoms with Gasteiger partial charge < -0.3 is 5.11 Å². The largest absolute Gasteiger partial charge is 0.393 e. The molecule has 0 bridgehead atoms. The van der Waals surface area contributed by atoms with Crippen LogP contribution < -0.4 is 0 Å². The summed E-state index contributed by atoms with van der Waals surface area (Å²) in [5.74, 6) is 3.82. The fraction of sp³-hybridized carbons (Fsp3) is 0.821. The Morgan fingerprint density at radius 3 is 2.47 bits per heavy atom. The zero-order valence-electron chi connectivity index (χ0n) is 20.2. The van der Waals surface area contributed by atoms with Crippen molar-refractivity contribution in [3.63, 3.8) is 0 Å². The fourth-order valence-electron chi connectivity index (χ4n) is 6.82. The summed E-state index contributed by atoms with van der Waals surface area (Å²) >= 11 is 0. The highest BCUT2D eigenvalue weighted by molar-refractivity contribution is 5.94. The molecule has 0 spiro atoms. The molecule has 0 heterocycles. The van der Waals surface area contributed by atoms with Gasteiger partial charge in [-0.15, -0.1) is 0 Å². The Balaban J connectivity index is 1.69. The maximum atomic E-state index is 13.0. The number of aliphatic hydroxyl groups excluding tert-OH is 1. The molecule has 3 aliphatic rings. The maximum absolute atomic E-state index is 13.0. The van der Waals surface area contributed by atoms with Crippen LogP contribution in [0.2, 0.25) is 0 Å². The van der Waals surface area contributed by atoms with Crippen LogP contribution in [-0.4, -0.2) is 17.0 Å². The lowest BCUT2D eigenvalue weighted by Crippen LogP contribution is -2.45. The van der Waals surface area contributed by atoms with E-state index in [0.29, 0.717) is 35.9 Å². The number of allylic oxidation sites excluding steroid dienone is 3. The van der Waals surface area contributed by atoms with Gasteiger partial charge >= 0.3 is 0 Å². The van der Waals surface area contributed by atoms with E-state index in [1.165, 1.54) is 44.1 Å². The van der Waals surface area contributed by atoms with E-state index in [4.69, 9.17) is 0 Å². The van der Waals surface area contributed by atoms with Gasteiger partial charge in [0.1, 0.15) is 0 Å². The third kappa shape index (κ3) is 5.12. The first-order valence-corrected chi connectivity index (χ1v) is 12.9. The van der Waals surface area contributed by atoms with Crippen molar-refractivity contribution < 1.29 is 9.90 Å².